The molecule has 0 amide bonds. The molecule has 0 N–H and O–H groups in total. The van der Waals surface area contributed by atoms with Crippen molar-refractivity contribution in [2.24, 2.45) is 11.8 Å². The molecule has 0 heterocycles. The lowest BCUT2D eigenvalue weighted by molar-refractivity contribution is 0.525. The molecular formula is C13H28S. The van der Waals surface area contributed by atoms with Gasteiger partial charge in [-0.3, -0.25) is 0 Å². The van der Waals surface area contributed by atoms with Crippen LogP contribution in [0, 0.1) is 11.8 Å². The molecule has 0 aliphatic carbocycles. The summed E-state index contributed by atoms with van der Waals surface area (Å²) in [6, 6.07) is 0. The smallest absolute Gasteiger partial charge is 0.00444 e. The molecule has 0 saturated carbocycles. The molecule has 0 aromatic rings. The first-order chi connectivity index (χ1) is 6.63. The van der Waals surface area contributed by atoms with Crippen LogP contribution in [0.15, 0.2) is 0 Å². The molecule has 0 aliphatic rings. The van der Waals surface area contributed by atoms with Crippen LogP contribution in [-0.2, 0) is 0 Å². The SMILES string of the molecule is CC(C)CCCCCCSCC(C)C. The third kappa shape index (κ3) is 12.3. The minimum Gasteiger partial charge on any atom is -0.162 e. The topological polar surface area (TPSA) is 0 Å². The molecule has 0 spiro atoms. The van der Waals surface area contributed by atoms with Crippen LogP contribution in [0.25, 0.3) is 0 Å². The molecule has 0 atom stereocenters. The van der Waals surface area contributed by atoms with E-state index in [1.165, 1.54) is 43.6 Å². The van der Waals surface area contributed by atoms with Gasteiger partial charge in [-0.1, -0.05) is 53.4 Å². The summed E-state index contributed by atoms with van der Waals surface area (Å²) in [6.45, 7) is 9.24. The van der Waals surface area contributed by atoms with Crippen molar-refractivity contribution in [2.45, 2.75) is 59.8 Å². The van der Waals surface area contributed by atoms with Gasteiger partial charge in [-0.05, 0) is 29.8 Å². The Hall–Kier alpha value is 0.350. The summed E-state index contributed by atoms with van der Waals surface area (Å²) < 4.78 is 0. The average molecular weight is 216 g/mol. The van der Waals surface area contributed by atoms with Gasteiger partial charge in [0.15, 0.2) is 0 Å². The fraction of sp³-hybridized carbons (Fsp3) is 1.00. The molecule has 0 saturated heterocycles. The average Bonchev–Trinajstić information content (AvgIpc) is 2.08. The molecule has 0 fully saturated rings. The molecule has 0 bridgehead atoms. The quantitative estimate of drug-likeness (QED) is 0.490. The Morgan fingerprint density at radius 1 is 0.786 bits per heavy atom. The molecule has 0 radical (unpaired) electrons. The highest BCUT2D eigenvalue weighted by molar-refractivity contribution is 7.99. The molecule has 0 nitrogen and oxygen atoms in total. The first kappa shape index (κ1) is 14.3. The van der Waals surface area contributed by atoms with E-state index in [0.29, 0.717) is 0 Å². The summed E-state index contributed by atoms with van der Waals surface area (Å²) in [5.41, 5.74) is 0. The van der Waals surface area contributed by atoms with Gasteiger partial charge in [0.25, 0.3) is 0 Å². The van der Waals surface area contributed by atoms with E-state index < -0.39 is 0 Å². The van der Waals surface area contributed by atoms with Crippen molar-refractivity contribution < 1.29 is 0 Å². The van der Waals surface area contributed by atoms with E-state index in [4.69, 9.17) is 0 Å². The van der Waals surface area contributed by atoms with E-state index in [-0.39, 0.29) is 0 Å². The van der Waals surface area contributed by atoms with Gasteiger partial charge in [0.1, 0.15) is 0 Å². The van der Waals surface area contributed by atoms with Crippen LogP contribution in [0.3, 0.4) is 0 Å². The predicted octanol–water partition coefficient (Wildman–Crippen LogP) is 4.98. The maximum absolute atomic E-state index is 2.32. The zero-order valence-corrected chi connectivity index (χ0v) is 11.3. The van der Waals surface area contributed by atoms with Crippen molar-refractivity contribution in [3.63, 3.8) is 0 Å². The van der Waals surface area contributed by atoms with Gasteiger partial charge < -0.3 is 0 Å². The van der Waals surface area contributed by atoms with Gasteiger partial charge in [0, 0.05) is 0 Å². The van der Waals surface area contributed by atoms with Crippen LogP contribution in [0.4, 0.5) is 0 Å². The maximum Gasteiger partial charge on any atom is -0.00444 e. The van der Waals surface area contributed by atoms with Crippen LogP contribution < -0.4 is 0 Å². The summed E-state index contributed by atoms with van der Waals surface area (Å²) in [5, 5.41) is 0. The van der Waals surface area contributed by atoms with Crippen LogP contribution >= 0.6 is 11.8 Å². The Morgan fingerprint density at radius 2 is 1.43 bits per heavy atom. The maximum atomic E-state index is 2.32. The molecule has 86 valence electrons. The van der Waals surface area contributed by atoms with Crippen LogP contribution in [0.2, 0.25) is 0 Å². The minimum atomic E-state index is 0.862. The second-order valence-electron chi connectivity index (χ2n) is 5.07. The summed E-state index contributed by atoms with van der Waals surface area (Å²) >= 11 is 2.13. The number of hydrogen-bond donors (Lipinski definition) is 0. The standard InChI is InChI=1S/C13H28S/c1-12(2)9-7-5-6-8-10-14-11-13(3)4/h12-13H,5-11H2,1-4H3. The summed E-state index contributed by atoms with van der Waals surface area (Å²) in [6.07, 6.45) is 7.17. The van der Waals surface area contributed by atoms with Crippen molar-refractivity contribution in [3.05, 3.63) is 0 Å². The highest BCUT2D eigenvalue weighted by atomic mass is 32.2. The summed E-state index contributed by atoms with van der Waals surface area (Å²) in [4.78, 5) is 0. The van der Waals surface area contributed by atoms with E-state index in [1.807, 2.05) is 0 Å². The largest absolute Gasteiger partial charge is 0.162 e. The Balaban J connectivity index is 2.92. The first-order valence-electron chi connectivity index (χ1n) is 6.20. The van der Waals surface area contributed by atoms with E-state index in [0.717, 1.165) is 11.8 Å². The van der Waals surface area contributed by atoms with Gasteiger partial charge in [0.2, 0.25) is 0 Å². The number of rotatable bonds is 9. The van der Waals surface area contributed by atoms with E-state index >= 15 is 0 Å². The number of hydrogen-bond acceptors (Lipinski definition) is 1. The molecule has 1 heteroatoms. The Morgan fingerprint density at radius 3 is 2.00 bits per heavy atom. The highest BCUT2D eigenvalue weighted by Gasteiger charge is 1.96. The summed E-state index contributed by atoms with van der Waals surface area (Å²) in [7, 11) is 0. The van der Waals surface area contributed by atoms with E-state index in [1.54, 1.807) is 0 Å². The van der Waals surface area contributed by atoms with Crippen molar-refractivity contribution in [1.82, 2.24) is 0 Å². The molecule has 0 aliphatic heterocycles. The van der Waals surface area contributed by atoms with Gasteiger partial charge in [-0.2, -0.15) is 11.8 Å². The molecule has 0 aromatic heterocycles. The fourth-order valence-corrected chi connectivity index (χ4v) is 2.48. The highest BCUT2D eigenvalue weighted by Crippen LogP contribution is 2.13. The molecule has 0 rings (SSSR count). The predicted molar refractivity (Wildman–Crippen MR) is 70.1 cm³/mol. The molecule has 14 heavy (non-hydrogen) atoms. The molecular weight excluding hydrogens is 188 g/mol. The first-order valence-corrected chi connectivity index (χ1v) is 7.36. The van der Waals surface area contributed by atoms with Crippen molar-refractivity contribution in [1.29, 1.82) is 0 Å². The zero-order chi connectivity index (χ0) is 10.8. The number of thioether (sulfide) groups is 1. The Labute approximate surface area is 95.2 Å². The van der Waals surface area contributed by atoms with E-state index in [9.17, 15) is 0 Å². The lowest BCUT2D eigenvalue weighted by Gasteiger charge is -2.05. The fourth-order valence-electron chi connectivity index (χ4n) is 1.43. The minimum absolute atomic E-state index is 0.862. The zero-order valence-electron chi connectivity index (χ0n) is 10.5. The van der Waals surface area contributed by atoms with E-state index in [2.05, 4.69) is 39.5 Å². The second-order valence-corrected chi connectivity index (χ2v) is 6.22. The lowest BCUT2D eigenvalue weighted by Crippen LogP contribution is -1.92. The van der Waals surface area contributed by atoms with Crippen LogP contribution in [0.5, 0.6) is 0 Å². The molecule has 0 unspecified atom stereocenters. The number of unbranched alkanes of at least 4 members (excludes halogenated alkanes) is 3. The van der Waals surface area contributed by atoms with Crippen molar-refractivity contribution in [3.8, 4) is 0 Å². The van der Waals surface area contributed by atoms with Crippen molar-refractivity contribution in [2.75, 3.05) is 11.5 Å². The van der Waals surface area contributed by atoms with Crippen LogP contribution in [0.1, 0.15) is 59.8 Å². The summed E-state index contributed by atoms with van der Waals surface area (Å²) in [5.74, 6) is 4.47. The monoisotopic (exact) mass is 216 g/mol. The lowest BCUT2D eigenvalue weighted by atomic mass is 10.0. The van der Waals surface area contributed by atoms with Gasteiger partial charge in [-0.25, -0.2) is 0 Å². The van der Waals surface area contributed by atoms with Gasteiger partial charge >= 0.3 is 0 Å². The van der Waals surface area contributed by atoms with Crippen LogP contribution in [-0.4, -0.2) is 11.5 Å². The Kier molecular flexibility index (Phi) is 10.1. The van der Waals surface area contributed by atoms with Gasteiger partial charge in [0.05, 0.1) is 0 Å². The normalized spacial score (nSPS) is 11.6. The van der Waals surface area contributed by atoms with Crippen molar-refractivity contribution >= 4 is 11.8 Å². The third-order valence-corrected chi connectivity index (χ3v) is 3.75. The van der Waals surface area contributed by atoms with Gasteiger partial charge in [-0.15, -0.1) is 0 Å². The Bertz CT molecular complexity index is 93.8. The second kappa shape index (κ2) is 9.89. The third-order valence-electron chi connectivity index (χ3n) is 2.27. The molecule has 0 aromatic carbocycles.